The second-order valence-electron chi connectivity index (χ2n) is 5.74. The Balaban J connectivity index is 1.85. The number of fused-ring (bicyclic) bond motifs is 1. The molecule has 0 atom stereocenters. The number of para-hydroxylation sites is 1. The third-order valence-corrected chi connectivity index (χ3v) is 4.04. The Morgan fingerprint density at radius 2 is 1.72 bits per heavy atom. The summed E-state index contributed by atoms with van der Waals surface area (Å²) in [7, 11) is 0. The minimum absolute atomic E-state index is 0.0137. The SMILES string of the molecule is O=C(c1cc2ccccc2oc1=O)N(CCO)CCc1ccccc1. The summed E-state index contributed by atoms with van der Waals surface area (Å²) in [6, 6.07) is 18.4. The van der Waals surface area contributed by atoms with Gasteiger partial charge in [0.1, 0.15) is 11.1 Å². The van der Waals surface area contributed by atoms with Crippen molar-refractivity contribution >= 4 is 16.9 Å². The van der Waals surface area contributed by atoms with E-state index in [0.717, 1.165) is 5.56 Å². The molecule has 0 radical (unpaired) electrons. The van der Waals surface area contributed by atoms with Gasteiger partial charge < -0.3 is 14.4 Å². The van der Waals surface area contributed by atoms with E-state index in [-0.39, 0.29) is 18.7 Å². The summed E-state index contributed by atoms with van der Waals surface area (Å²) >= 11 is 0. The molecule has 0 spiro atoms. The maximum atomic E-state index is 12.8. The zero-order valence-corrected chi connectivity index (χ0v) is 13.7. The quantitative estimate of drug-likeness (QED) is 0.702. The van der Waals surface area contributed by atoms with E-state index in [9.17, 15) is 14.7 Å². The van der Waals surface area contributed by atoms with Gasteiger partial charge in [-0.05, 0) is 24.1 Å². The van der Waals surface area contributed by atoms with E-state index in [4.69, 9.17) is 4.42 Å². The maximum absolute atomic E-state index is 12.8. The lowest BCUT2D eigenvalue weighted by Gasteiger charge is -2.21. The lowest BCUT2D eigenvalue weighted by atomic mass is 10.1. The van der Waals surface area contributed by atoms with Crippen molar-refractivity contribution in [1.29, 1.82) is 0 Å². The van der Waals surface area contributed by atoms with Crippen LogP contribution in [0, 0.1) is 0 Å². The molecule has 25 heavy (non-hydrogen) atoms. The molecule has 5 nitrogen and oxygen atoms in total. The summed E-state index contributed by atoms with van der Waals surface area (Å²) in [5.74, 6) is -0.426. The van der Waals surface area contributed by atoms with Crippen molar-refractivity contribution in [2.45, 2.75) is 6.42 Å². The minimum Gasteiger partial charge on any atom is -0.422 e. The normalized spacial score (nSPS) is 10.8. The van der Waals surface area contributed by atoms with Crippen molar-refractivity contribution in [3.05, 3.63) is 82.2 Å². The third-order valence-electron chi connectivity index (χ3n) is 4.04. The lowest BCUT2D eigenvalue weighted by Crippen LogP contribution is -2.37. The van der Waals surface area contributed by atoms with Crippen molar-refractivity contribution in [3.63, 3.8) is 0 Å². The molecule has 0 saturated carbocycles. The number of carbonyl (C=O) groups excluding carboxylic acids is 1. The standard InChI is InChI=1S/C20H19NO4/c22-13-12-21(11-10-15-6-2-1-3-7-15)19(23)17-14-16-8-4-5-9-18(16)25-20(17)24/h1-9,14,22H,10-13H2. The molecule has 0 aliphatic carbocycles. The van der Waals surface area contributed by atoms with Crippen LogP contribution in [0.3, 0.4) is 0 Å². The van der Waals surface area contributed by atoms with Crippen LogP contribution in [0.2, 0.25) is 0 Å². The van der Waals surface area contributed by atoms with Gasteiger partial charge in [0.2, 0.25) is 0 Å². The smallest absolute Gasteiger partial charge is 0.349 e. The fourth-order valence-corrected chi connectivity index (χ4v) is 2.73. The Morgan fingerprint density at radius 3 is 2.48 bits per heavy atom. The van der Waals surface area contributed by atoms with Gasteiger partial charge in [-0.15, -0.1) is 0 Å². The van der Waals surface area contributed by atoms with Crippen LogP contribution in [-0.2, 0) is 6.42 Å². The van der Waals surface area contributed by atoms with Crippen molar-refractivity contribution in [3.8, 4) is 0 Å². The highest BCUT2D eigenvalue weighted by Crippen LogP contribution is 2.14. The van der Waals surface area contributed by atoms with Gasteiger partial charge in [0.15, 0.2) is 0 Å². The number of hydrogen-bond acceptors (Lipinski definition) is 4. The summed E-state index contributed by atoms with van der Waals surface area (Å²) in [5, 5.41) is 9.97. The first-order valence-electron chi connectivity index (χ1n) is 8.16. The summed E-state index contributed by atoms with van der Waals surface area (Å²) in [4.78, 5) is 26.4. The molecule has 2 aromatic carbocycles. The largest absolute Gasteiger partial charge is 0.422 e. The molecule has 128 valence electrons. The summed E-state index contributed by atoms with van der Waals surface area (Å²) in [5.41, 5.74) is 0.859. The highest BCUT2D eigenvalue weighted by atomic mass is 16.4. The Morgan fingerprint density at radius 1 is 1.00 bits per heavy atom. The van der Waals surface area contributed by atoms with Crippen LogP contribution in [0.25, 0.3) is 11.0 Å². The van der Waals surface area contributed by atoms with E-state index in [2.05, 4.69) is 0 Å². The first kappa shape index (κ1) is 16.9. The first-order chi connectivity index (χ1) is 12.2. The molecule has 1 amide bonds. The second kappa shape index (κ2) is 7.77. The Kier molecular flexibility index (Phi) is 5.26. The van der Waals surface area contributed by atoms with Gasteiger partial charge in [-0.1, -0.05) is 48.5 Å². The van der Waals surface area contributed by atoms with Crippen molar-refractivity contribution in [2.75, 3.05) is 19.7 Å². The molecule has 0 aliphatic rings. The molecule has 1 N–H and O–H groups in total. The van der Waals surface area contributed by atoms with Crippen molar-refractivity contribution < 1.29 is 14.3 Å². The van der Waals surface area contributed by atoms with E-state index in [1.165, 1.54) is 4.90 Å². The van der Waals surface area contributed by atoms with Crippen LogP contribution in [0.1, 0.15) is 15.9 Å². The average Bonchev–Trinajstić information content (AvgIpc) is 2.65. The fourth-order valence-electron chi connectivity index (χ4n) is 2.73. The number of benzene rings is 2. The van der Waals surface area contributed by atoms with Crippen molar-refractivity contribution in [1.82, 2.24) is 4.90 Å². The number of aliphatic hydroxyl groups excluding tert-OH is 1. The number of carbonyl (C=O) groups is 1. The monoisotopic (exact) mass is 337 g/mol. The fraction of sp³-hybridized carbons (Fsp3) is 0.200. The average molecular weight is 337 g/mol. The van der Waals surface area contributed by atoms with E-state index in [1.54, 1.807) is 24.3 Å². The Bertz CT molecular complexity index is 918. The van der Waals surface area contributed by atoms with Gasteiger partial charge in [-0.25, -0.2) is 4.79 Å². The van der Waals surface area contributed by atoms with Crippen LogP contribution in [-0.4, -0.2) is 35.6 Å². The number of amides is 1. The van der Waals surface area contributed by atoms with Gasteiger partial charge in [-0.3, -0.25) is 4.79 Å². The number of nitrogens with zero attached hydrogens (tertiary/aromatic N) is 1. The maximum Gasteiger partial charge on any atom is 0.349 e. The molecule has 0 unspecified atom stereocenters. The van der Waals surface area contributed by atoms with E-state index >= 15 is 0 Å². The van der Waals surface area contributed by atoms with E-state index in [0.29, 0.717) is 23.9 Å². The van der Waals surface area contributed by atoms with Crippen LogP contribution < -0.4 is 5.63 Å². The summed E-state index contributed by atoms with van der Waals surface area (Å²) in [6.07, 6.45) is 0.644. The molecule has 3 aromatic rings. The highest BCUT2D eigenvalue weighted by molar-refractivity contribution is 5.96. The topological polar surface area (TPSA) is 70.8 Å². The molecule has 1 heterocycles. The van der Waals surface area contributed by atoms with Gasteiger partial charge in [0, 0.05) is 18.5 Å². The number of aliphatic hydroxyl groups is 1. The van der Waals surface area contributed by atoms with Gasteiger partial charge >= 0.3 is 5.63 Å². The molecular weight excluding hydrogens is 318 g/mol. The van der Waals surface area contributed by atoms with Crippen LogP contribution in [0.4, 0.5) is 0 Å². The molecule has 0 bridgehead atoms. The van der Waals surface area contributed by atoms with Crippen LogP contribution in [0.5, 0.6) is 0 Å². The van der Waals surface area contributed by atoms with Gasteiger partial charge in [-0.2, -0.15) is 0 Å². The molecule has 0 aliphatic heterocycles. The third kappa shape index (κ3) is 3.95. The molecule has 3 rings (SSSR count). The second-order valence-corrected chi connectivity index (χ2v) is 5.74. The molecule has 1 aromatic heterocycles. The van der Waals surface area contributed by atoms with Crippen LogP contribution in [0.15, 0.2) is 69.9 Å². The predicted octanol–water partition coefficient (Wildman–Crippen LogP) is 2.47. The molecule has 0 fully saturated rings. The first-order valence-corrected chi connectivity index (χ1v) is 8.16. The zero-order chi connectivity index (χ0) is 17.6. The number of rotatable bonds is 6. The molecule has 5 heteroatoms. The van der Waals surface area contributed by atoms with Gasteiger partial charge in [0.25, 0.3) is 5.91 Å². The van der Waals surface area contributed by atoms with E-state index in [1.807, 2.05) is 36.4 Å². The summed E-state index contributed by atoms with van der Waals surface area (Å²) < 4.78 is 5.24. The number of hydrogen-bond donors (Lipinski definition) is 1. The van der Waals surface area contributed by atoms with Crippen molar-refractivity contribution in [2.24, 2.45) is 0 Å². The molecular formula is C20H19NO4. The highest BCUT2D eigenvalue weighted by Gasteiger charge is 2.20. The lowest BCUT2D eigenvalue weighted by molar-refractivity contribution is 0.0720. The zero-order valence-electron chi connectivity index (χ0n) is 13.7. The molecule has 0 saturated heterocycles. The Hall–Kier alpha value is -2.92. The minimum atomic E-state index is -0.661. The predicted molar refractivity (Wildman–Crippen MR) is 95.6 cm³/mol. The van der Waals surface area contributed by atoms with Crippen LogP contribution >= 0.6 is 0 Å². The summed E-state index contributed by atoms with van der Waals surface area (Å²) in [6.45, 7) is 0.410. The van der Waals surface area contributed by atoms with Gasteiger partial charge in [0.05, 0.1) is 6.61 Å². The van der Waals surface area contributed by atoms with E-state index < -0.39 is 11.5 Å². The Labute approximate surface area is 145 Å².